The predicted octanol–water partition coefficient (Wildman–Crippen LogP) is -0.129. The second-order valence-electron chi connectivity index (χ2n) is 3.66. The zero-order chi connectivity index (χ0) is 12.8. The molecule has 7 nitrogen and oxygen atoms in total. The fourth-order valence-electron chi connectivity index (χ4n) is 1.46. The number of aromatic amines is 1. The van der Waals surface area contributed by atoms with E-state index in [4.69, 9.17) is 0 Å². The van der Waals surface area contributed by atoms with Gasteiger partial charge in [-0.1, -0.05) is 18.2 Å². The molecule has 0 radical (unpaired) electrons. The van der Waals surface area contributed by atoms with Crippen LogP contribution in [0.3, 0.4) is 0 Å². The minimum absolute atomic E-state index is 0.158. The largest absolute Gasteiger partial charge is 0.348 e. The molecule has 0 bridgehead atoms. The van der Waals surface area contributed by atoms with Crippen LogP contribution in [0.25, 0.3) is 0 Å². The van der Waals surface area contributed by atoms with Crippen LogP contribution < -0.4 is 5.32 Å². The Morgan fingerprint density at radius 3 is 3.06 bits per heavy atom. The second kappa shape index (κ2) is 5.67. The van der Waals surface area contributed by atoms with Gasteiger partial charge in [-0.15, -0.1) is 5.10 Å². The summed E-state index contributed by atoms with van der Waals surface area (Å²) in [7, 11) is 0. The molecule has 0 aliphatic rings. The highest BCUT2D eigenvalue weighted by atomic mass is 16.1. The summed E-state index contributed by atoms with van der Waals surface area (Å²) in [5.74, 6) is 0.333. The first-order chi connectivity index (χ1) is 8.78. The highest BCUT2D eigenvalue weighted by Crippen LogP contribution is 2.04. The third-order valence-electron chi connectivity index (χ3n) is 2.29. The molecule has 0 aliphatic heterocycles. The SMILES string of the molecule is O=Cc1cccc(CC(=O)NCc2nnn[nH]2)c1. The molecule has 2 N–H and O–H groups in total. The number of carbonyl (C=O) groups excluding carboxylic acids is 2. The topological polar surface area (TPSA) is 101 Å². The monoisotopic (exact) mass is 245 g/mol. The van der Waals surface area contributed by atoms with Crippen LogP contribution in [0.1, 0.15) is 21.7 Å². The Hall–Kier alpha value is -2.57. The highest BCUT2D eigenvalue weighted by Gasteiger charge is 2.05. The third kappa shape index (κ3) is 3.21. The summed E-state index contributed by atoms with van der Waals surface area (Å²) < 4.78 is 0. The van der Waals surface area contributed by atoms with Crippen LogP contribution in [0, 0.1) is 0 Å². The maximum atomic E-state index is 11.6. The Morgan fingerprint density at radius 2 is 2.33 bits per heavy atom. The van der Waals surface area contributed by atoms with E-state index in [9.17, 15) is 9.59 Å². The average molecular weight is 245 g/mol. The number of H-pyrrole nitrogens is 1. The minimum atomic E-state index is -0.158. The Kier molecular flexibility index (Phi) is 3.75. The number of rotatable bonds is 5. The van der Waals surface area contributed by atoms with E-state index in [1.165, 1.54) is 0 Å². The van der Waals surface area contributed by atoms with Crippen molar-refractivity contribution in [2.45, 2.75) is 13.0 Å². The Balaban J connectivity index is 1.88. The molecule has 1 heterocycles. The summed E-state index contributed by atoms with van der Waals surface area (Å²) in [6.45, 7) is 0.249. The van der Waals surface area contributed by atoms with E-state index >= 15 is 0 Å². The zero-order valence-electron chi connectivity index (χ0n) is 9.46. The number of nitrogens with one attached hydrogen (secondary N) is 2. The first kappa shape index (κ1) is 11.9. The van der Waals surface area contributed by atoms with Gasteiger partial charge >= 0.3 is 0 Å². The molecule has 92 valence electrons. The molecule has 0 aliphatic carbocycles. The van der Waals surface area contributed by atoms with Crippen molar-refractivity contribution in [2.75, 3.05) is 0 Å². The summed E-state index contributed by atoms with van der Waals surface area (Å²) in [4.78, 5) is 22.2. The Bertz CT molecular complexity index is 538. The van der Waals surface area contributed by atoms with Gasteiger partial charge in [0, 0.05) is 5.56 Å². The molecule has 0 unspecified atom stereocenters. The molecule has 1 aromatic carbocycles. The van der Waals surface area contributed by atoms with Crippen LogP contribution in [0.5, 0.6) is 0 Å². The van der Waals surface area contributed by atoms with Gasteiger partial charge in [0.2, 0.25) is 5.91 Å². The molecule has 0 atom stereocenters. The first-order valence-electron chi connectivity index (χ1n) is 5.31. The van der Waals surface area contributed by atoms with E-state index < -0.39 is 0 Å². The molecular weight excluding hydrogens is 234 g/mol. The number of nitrogens with zero attached hydrogens (tertiary/aromatic N) is 3. The molecule has 0 saturated heterocycles. The number of hydrogen-bond acceptors (Lipinski definition) is 5. The van der Waals surface area contributed by atoms with Gasteiger partial charge in [-0.2, -0.15) is 0 Å². The average Bonchev–Trinajstić information content (AvgIpc) is 2.90. The zero-order valence-corrected chi connectivity index (χ0v) is 9.46. The fraction of sp³-hybridized carbons (Fsp3) is 0.182. The number of amides is 1. The van der Waals surface area contributed by atoms with Gasteiger partial charge in [-0.05, 0) is 22.1 Å². The fourth-order valence-corrected chi connectivity index (χ4v) is 1.46. The molecule has 18 heavy (non-hydrogen) atoms. The van der Waals surface area contributed by atoms with Gasteiger partial charge in [0.05, 0.1) is 13.0 Å². The summed E-state index contributed by atoms with van der Waals surface area (Å²) in [6, 6.07) is 6.91. The molecule has 0 spiro atoms. The molecule has 2 aromatic rings. The summed E-state index contributed by atoms with van der Waals surface area (Å²) >= 11 is 0. The normalized spacial score (nSPS) is 10.0. The van der Waals surface area contributed by atoms with Crippen molar-refractivity contribution in [3.8, 4) is 0 Å². The molecular formula is C11H11N5O2. The van der Waals surface area contributed by atoms with Gasteiger partial charge in [0.1, 0.15) is 6.29 Å². The van der Waals surface area contributed by atoms with Crippen LogP contribution in [0.2, 0.25) is 0 Å². The van der Waals surface area contributed by atoms with Crippen LogP contribution in [0.4, 0.5) is 0 Å². The summed E-state index contributed by atoms with van der Waals surface area (Å²) in [6.07, 6.45) is 0.963. The van der Waals surface area contributed by atoms with Crippen molar-refractivity contribution in [1.29, 1.82) is 0 Å². The molecule has 0 fully saturated rings. The Labute approximate surface area is 103 Å². The van der Waals surface area contributed by atoms with E-state index in [0.717, 1.165) is 11.8 Å². The molecule has 1 aromatic heterocycles. The van der Waals surface area contributed by atoms with Gasteiger partial charge in [0.15, 0.2) is 5.82 Å². The van der Waals surface area contributed by atoms with Crippen molar-refractivity contribution < 1.29 is 9.59 Å². The number of carbonyl (C=O) groups is 2. The molecule has 1 amide bonds. The number of tetrazole rings is 1. The molecule has 0 saturated carbocycles. The van der Waals surface area contributed by atoms with Crippen LogP contribution in [-0.2, 0) is 17.8 Å². The first-order valence-corrected chi connectivity index (χ1v) is 5.31. The number of benzene rings is 1. The predicted molar refractivity (Wildman–Crippen MR) is 61.6 cm³/mol. The van der Waals surface area contributed by atoms with E-state index in [-0.39, 0.29) is 18.9 Å². The van der Waals surface area contributed by atoms with Crippen LogP contribution >= 0.6 is 0 Å². The highest BCUT2D eigenvalue weighted by molar-refractivity contribution is 5.80. The summed E-state index contributed by atoms with van der Waals surface area (Å²) in [5.41, 5.74) is 1.34. The number of aromatic nitrogens is 4. The van der Waals surface area contributed by atoms with Crippen LogP contribution in [0.15, 0.2) is 24.3 Å². The number of aldehydes is 1. The van der Waals surface area contributed by atoms with Gasteiger partial charge in [-0.3, -0.25) is 9.59 Å². The molecule has 2 rings (SSSR count). The van der Waals surface area contributed by atoms with Crippen molar-refractivity contribution >= 4 is 12.2 Å². The maximum Gasteiger partial charge on any atom is 0.224 e. The second-order valence-corrected chi connectivity index (χ2v) is 3.66. The van der Waals surface area contributed by atoms with Crippen molar-refractivity contribution in [1.82, 2.24) is 25.9 Å². The van der Waals surface area contributed by atoms with Crippen molar-refractivity contribution in [3.05, 3.63) is 41.2 Å². The lowest BCUT2D eigenvalue weighted by atomic mass is 10.1. The quantitative estimate of drug-likeness (QED) is 0.715. The van der Waals surface area contributed by atoms with E-state index in [1.54, 1.807) is 24.3 Å². The number of hydrogen-bond donors (Lipinski definition) is 2. The maximum absolute atomic E-state index is 11.6. The van der Waals surface area contributed by atoms with Gasteiger partial charge in [-0.25, -0.2) is 5.10 Å². The lowest BCUT2D eigenvalue weighted by Crippen LogP contribution is -2.25. The van der Waals surface area contributed by atoms with Crippen LogP contribution in [-0.4, -0.2) is 32.8 Å². The minimum Gasteiger partial charge on any atom is -0.348 e. The van der Waals surface area contributed by atoms with Gasteiger partial charge in [0.25, 0.3) is 0 Å². The van der Waals surface area contributed by atoms with Crippen molar-refractivity contribution in [2.24, 2.45) is 0 Å². The van der Waals surface area contributed by atoms with E-state index in [1.807, 2.05) is 0 Å². The standard InChI is InChI=1S/C11H11N5O2/c17-7-9-3-1-2-8(4-9)5-11(18)12-6-10-13-15-16-14-10/h1-4,7H,5-6H2,(H,12,18)(H,13,14,15,16). The van der Waals surface area contributed by atoms with E-state index in [2.05, 4.69) is 25.9 Å². The van der Waals surface area contributed by atoms with Crippen molar-refractivity contribution in [3.63, 3.8) is 0 Å². The summed E-state index contributed by atoms with van der Waals surface area (Å²) in [5, 5.41) is 15.6. The van der Waals surface area contributed by atoms with E-state index in [0.29, 0.717) is 11.4 Å². The smallest absolute Gasteiger partial charge is 0.224 e. The van der Waals surface area contributed by atoms with Gasteiger partial charge < -0.3 is 5.32 Å². The molecule has 7 heteroatoms. The lowest BCUT2D eigenvalue weighted by molar-refractivity contribution is -0.120. The lowest BCUT2D eigenvalue weighted by Gasteiger charge is -2.03. The third-order valence-corrected chi connectivity index (χ3v) is 2.29. The Morgan fingerprint density at radius 1 is 1.44 bits per heavy atom.